The van der Waals surface area contributed by atoms with Gasteiger partial charge in [0.05, 0.1) is 18.9 Å². The van der Waals surface area contributed by atoms with E-state index in [1.807, 2.05) is 19.1 Å². The summed E-state index contributed by atoms with van der Waals surface area (Å²) < 4.78 is 5.33. The number of benzene rings is 2. The highest BCUT2D eigenvalue weighted by atomic mass is 16.5. The first-order valence-corrected chi connectivity index (χ1v) is 9.45. The van der Waals surface area contributed by atoms with E-state index in [1.165, 1.54) is 0 Å². The predicted octanol–water partition coefficient (Wildman–Crippen LogP) is 2.30. The van der Waals surface area contributed by atoms with E-state index in [4.69, 9.17) is 4.74 Å². The summed E-state index contributed by atoms with van der Waals surface area (Å²) in [5.41, 5.74) is 0.200. The van der Waals surface area contributed by atoms with Crippen molar-refractivity contribution in [1.82, 2.24) is 4.90 Å². The van der Waals surface area contributed by atoms with Gasteiger partial charge in [0.2, 0.25) is 0 Å². The Kier molecular flexibility index (Phi) is 4.78. The normalized spacial score (nSPS) is 21.9. The molecule has 1 saturated heterocycles. The molecule has 146 valence electrons. The van der Waals surface area contributed by atoms with Gasteiger partial charge in [-0.1, -0.05) is 37.3 Å². The molecule has 0 spiro atoms. The van der Waals surface area contributed by atoms with Crippen molar-refractivity contribution in [3.8, 4) is 0 Å². The third-order valence-electron chi connectivity index (χ3n) is 5.27. The molecule has 1 atom stereocenters. The van der Waals surface area contributed by atoms with Gasteiger partial charge in [-0.2, -0.15) is 0 Å². The van der Waals surface area contributed by atoms with Crippen molar-refractivity contribution in [2.75, 3.05) is 36.5 Å². The zero-order chi connectivity index (χ0) is 19.7. The van der Waals surface area contributed by atoms with E-state index in [0.717, 1.165) is 16.9 Å². The fraction of sp³-hybridized carbons (Fsp3) is 0.333. The first-order valence-electron chi connectivity index (χ1n) is 9.45. The molecule has 4 rings (SSSR count). The molecule has 2 heterocycles. The summed E-state index contributed by atoms with van der Waals surface area (Å²) in [6.45, 7) is 3.58. The summed E-state index contributed by atoms with van der Waals surface area (Å²) in [6, 6.07) is 13.6. The van der Waals surface area contributed by atoms with E-state index in [1.54, 1.807) is 41.3 Å². The standard InChI is InChI=1S/C21H23N3O4/c1-2-15-7-9-16(10-8-15)24-20(26)22-18-6-4-3-5-17(18)21(24,27)19(25)23-11-13-28-14-12-23/h3-10,27H,2,11-14H2,1H3,(H,22,26). The van der Waals surface area contributed by atoms with Gasteiger partial charge in [0.25, 0.3) is 11.6 Å². The van der Waals surface area contributed by atoms with Crippen LogP contribution in [0.5, 0.6) is 0 Å². The Morgan fingerprint density at radius 3 is 2.50 bits per heavy atom. The molecule has 2 aromatic carbocycles. The number of rotatable bonds is 3. The van der Waals surface area contributed by atoms with Crippen molar-refractivity contribution in [3.63, 3.8) is 0 Å². The summed E-state index contributed by atoms with van der Waals surface area (Å²) in [5.74, 6) is -0.530. The van der Waals surface area contributed by atoms with Gasteiger partial charge in [0.15, 0.2) is 0 Å². The SMILES string of the molecule is CCc1ccc(N2C(=O)Nc3ccccc3C2(O)C(=O)N2CCOCC2)cc1. The van der Waals surface area contributed by atoms with E-state index in [-0.39, 0.29) is 0 Å². The Morgan fingerprint density at radius 1 is 1.14 bits per heavy atom. The average molecular weight is 381 g/mol. The second kappa shape index (κ2) is 7.26. The van der Waals surface area contributed by atoms with Crippen molar-refractivity contribution in [2.45, 2.75) is 19.1 Å². The summed E-state index contributed by atoms with van der Waals surface area (Å²) in [6.07, 6.45) is 0.853. The van der Waals surface area contributed by atoms with Gasteiger partial charge in [-0.05, 0) is 30.2 Å². The van der Waals surface area contributed by atoms with Crippen molar-refractivity contribution in [1.29, 1.82) is 0 Å². The first-order chi connectivity index (χ1) is 13.6. The second-order valence-electron chi connectivity index (χ2n) is 6.91. The number of hydrogen-bond donors (Lipinski definition) is 2. The summed E-state index contributed by atoms with van der Waals surface area (Å²) in [7, 11) is 0. The minimum absolute atomic E-state index is 0.352. The molecule has 0 aliphatic carbocycles. The van der Waals surface area contributed by atoms with Crippen LogP contribution in [0.25, 0.3) is 0 Å². The fourth-order valence-electron chi connectivity index (χ4n) is 3.72. The predicted molar refractivity (Wildman–Crippen MR) is 105 cm³/mol. The van der Waals surface area contributed by atoms with Crippen LogP contribution < -0.4 is 10.2 Å². The number of ether oxygens (including phenoxy) is 1. The molecule has 1 unspecified atom stereocenters. The quantitative estimate of drug-likeness (QED) is 0.855. The van der Waals surface area contributed by atoms with Gasteiger partial charge >= 0.3 is 6.03 Å². The van der Waals surface area contributed by atoms with Crippen LogP contribution in [0.3, 0.4) is 0 Å². The molecule has 2 aliphatic heterocycles. The fourth-order valence-corrected chi connectivity index (χ4v) is 3.72. The highest BCUT2D eigenvalue weighted by Gasteiger charge is 2.53. The van der Waals surface area contributed by atoms with Gasteiger partial charge < -0.3 is 20.1 Å². The minimum atomic E-state index is -2.13. The van der Waals surface area contributed by atoms with E-state index < -0.39 is 17.7 Å². The third kappa shape index (κ3) is 2.93. The smallest absolute Gasteiger partial charge is 0.329 e. The molecule has 2 aromatic rings. The summed E-state index contributed by atoms with van der Waals surface area (Å²) >= 11 is 0. The van der Waals surface area contributed by atoms with Crippen LogP contribution in [-0.4, -0.2) is 48.2 Å². The molecule has 2 N–H and O–H groups in total. The van der Waals surface area contributed by atoms with Gasteiger partial charge in [-0.25, -0.2) is 4.79 Å². The minimum Gasteiger partial charge on any atom is -0.378 e. The van der Waals surface area contributed by atoms with Crippen LogP contribution in [0.2, 0.25) is 0 Å². The highest BCUT2D eigenvalue weighted by molar-refractivity contribution is 6.11. The van der Waals surface area contributed by atoms with Gasteiger partial charge in [0.1, 0.15) is 0 Å². The molecule has 7 nitrogen and oxygen atoms in total. The summed E-state index contributed by atoms with van der Waals surface area (Å²) in [4.78, 5) is 29.2. The molecular weight excluding hydrogens is 358 g/mol. The van der Waals surface area contributed by atoms with E-state index >= 15 is 0 Å². The number of nitrogens with zero attached hydrogens (tertiary/aromatic N) is 2. The Labute approximate surface area is 163 Å². The molecule has 2 aliphatic rings. The molecule has 7 heteroatoms. The Balaban J connectivity index is 1.84. The van der Waals surface area contributed by atoms with Crippen LogP contribution in [0.15, 0.2) is 48.5 Å². The van der Waals surface area contributed by atoms with Crippen LogP contribution in [0, 0.1) is 0 Å². The number of carbonyl (C=O) groups excluding carboxylic acids is 2. The highest BCUT2D eigenvalue weighted by Crippen LogP contribution is 2.40. The number of aryl methyl sites for hydroxylation is 1. The lowest BCUT2D eigenvalue weighted by Crippen LogP contribution is -2.64. The lowest BCUT2D eigenvalue weighted by atomic mass is 9.94. The van der Waals surface area contributed by atoms with Gasteiger partial charge in [-0.3, -0.25) is 9.69 Å². The summed E-state index contributed by atoms with van der Waals surface area (Å²) in [5, 5.41) is 14.6. The van der Waals surface area contributed by atoms with Gasteiger partial charge in [-0.15, -0.1) is 0 Å². The van der Waals surface area contributed by atoms with Crippen molar-refractivity contribution in [3.05, 3.63) is 59.7 Å². The number of fused-ring (bicyclic) bond motifs is 1. The Morgan fingerprint density at radius 2 is 1.82 bits per heavy atom. The van der Waals surface area contributed by atoms with E-state index in [2.05, 4.69) is 5.32 Å². The molecule has 3 amide bonds. The number of hydrogen-bond acceptors (Lipinski definition) is 4. The van der Waals surface area contributed by atoms with Crippen molar-refractivity contribution in [2.24, 2.45) is 0 Å². The number of amides is 3. The molecule has 28 heavy (non-hydrogen) atoms. The monoisotopic (exact) mass is 381 g/mol. The van der Waals surface area contributed by atoms with E-state index in [9.17, 15) is 14.7 Å². The molecule has 1 fully saturated rings. The number of para-hydroxylation sites is 1. The number of aliphatic hydroxyl groups is 1. The molecule has 0 saturated carbocycles. The first kappa shape index (κ1) is 18.5. The number of anilines is 2. The van der Waals surface area contributed by atoms with Crippen LogP contribution in [0.4, 0.5) is 16.2 Å². The Bertz CT molecular complexity index is 893. The van der Waals surface area contributed by atoms with Crippen molar-refractivity contribution >= 4 is 23.3 Å². The average Bonchev–Trinajstić information content (AvgIpc) is 2.74. The molecular formula is C21H23N3O4. The zero-order valence-corrected chi connectivity index (χ0v) is 15.7. The van der Waals surface area contributed by atoms with Gasteiger partial charge in [0, 0.05) is 24.3 Å². The third-order valence-corrected chi connectivity index (χ3v) is 5.27. The van der Waals surface area contributed by atoms with E-state index in [0.29, 0.717) is 43.2 Å². The molecule has 0 aromatic heterocycles. The number of morpholine rings is 1. The topological polar surface area (TPSA) is 82.1 Å². The number of nitrogens with one attached hydrogen (secondary N) is 1. The molecule has 0 bridgehead atoms. The van der Waals surface area contributed by atoms with Crippen LogP contribution in [-0.2, 0) is 21.7 Å². The second-order valence-corrected chi connectivity index (χ2v) is 6.91. The van der Waals surface area contributed by atoms with Crippen LogP contribution in [0.1, 0.15) is 18.1 Å². The maximum absolute atomic E-state index is 13.5. The van der Waals surface area contributed by atoms with Crippen molar-refractivity contribution < 1.29 is 19.4 Å². The number of carbonyl (C=O) groups is 2. The Hall–Kier alpha value is -2.90. The maximum atomic E-state index is 13.5. The zero-order valence-electron chi connectivity index (χ0n) is 15.7. The number of urea groups is 1. The maximum Gasteiger partial charge on any atom is 0.329 e. The lowest BCUT2D eigenvalue weighted by molar-refractivity contribution is -0.156. The van der Waals surface area contributed by atoms with Crippen LogP contribution >= 0.6 is 0 Å². The largest absolute Gasteiger partial charge is 0.378 e. The lowest BCUT2D eigenvalue weighted by Gasteiger charge is -2.45. The molecule has 0 radical (unpaired) electrons.